The maximum absolute atomic E-state index is 4.58. The molecule has 1 aliphatic heterocycles. The first-order chi connectivity index (χ1) is 9.74. The summed E-state index contributed by atoms with van der Waals surface area (Å²) in [7, 11) is 0. The summed E-state index contributed by atoms with van der Waals surface area (Å²) < 4.78 is 2.20. The summed E-state index contributed by atoms with van der Waals surface area (Å²) in [5.74, 6) is 0.917. The van der Waals surface area contributed by atoms with Crippen molar-refractivity contribution in [3.8, 4) is 0 Å². The van der Waals surface area contributed by atoms with E-state index in [4.69, 9.17) is 0 Å². The molecule has 0 radical (unpaired) electrons. The lowest BCUT2D eigenvalue weighted by Crippen LogP contribution is -2.37. The third-order valence-corrected chi connectivity index (χ3v) is 5.09. The second kappa shape index (κ2) is 6.24. The summed E-state index contributed by atoms with van der Waals surface area (Å²) in [6.07, 6.45) is 4.83. The predicted molar refractivity (Wildman–Crippen MR) is 84.4 cm³/mol. The Hall–Kier alpha value is -0.910. The Balaban J connectivity index is 1.46. The average molecular weight is 292 g/mol. The minimum atomic E-state index is 0.911. The van der Waals surface area contributed by atoms with Crippen molar-refractivity contribution < 1.29 is 0 Å². The topological polar surface area (TPSA) is 32.6 Å². The molecule has 0 atom stereocenters. The molecule has 0 amide bonds. The Bertz CT molecular complexity index is 551. The fraction of sp³-hybridized carbons (Fsp3) is 0.667. The fourth-order valence-corrected chi connectivity index (χ4v) is 3.66. The molecule has 2 aromatic rings. The molecule has 0 aromatic carbocycles. The van der Waals surface area contributed by atoms with Crippen LogP contribution in [0.1, 0.15) is 31.2 Å². The maximum Gasteiger partial charge on any atom is 0.194 e. The van der Waals surface area contributed by atoms with Crippen LogP contribution in [0.3, 0.4) is 0 Å². The summed E-state index contributed by atoms with van der Waals surface area (Å²) in [6.45, 7) is 10.1. The van der Waals surface area contributed by atoms with Crippen LogP contribution in [0.4, 0.5) is 0 Å². The molecular weight excluding hydrogens is 268 g/mol. The number of imidazole rings is 1. The van der Waals surface area contributed by atoms with Crippen molar-refractivity contribution >= 4 is 16.3 Å². The molecule has 0 aliphatic carbocycles. The van der Waals surface area contributed by atoms with E-state index in [2.05, 4.69) is 45.0 Å². The number of rotatable bonds is 5. The van der Waals surface area contributed by atoms with E-state index in [1.165, 1.54) is 31.6 Å². The van der Waals surface area contributed by atoms with E-state index in [1.54, 1.807) is 11.3 Å². The molecule has 1 fully saturated rings. The fourth-order valence-electron chi connectivity index (χ4n) is 2.88. The third kappa shape index (κ3) is 3.05. The minimum Gasteiger partial charge on any atom is -0.310 e. The van der Waals surface area contributed by atoms with E-state index in [9.17, 15) is 0 Å². The van der Waals surface area contributed by atoms with E-state index in [0.717, 1.165) is 36.2 Å². The lowest BCUT2D eigenvalue weighted by molar-refractivity contribution is 0.193. The molecule has 1 aliphatic rings. The van der Waals surface area contributed by atoms with E-state index < -0.39 is 0 Å². The molecule has 4 nitrogen and oxygen atoms in total. The molecule has 1 saturated heterocycles. The molecule has 20 heavy (non-hydrogen) atoms. The van der Waals surface area contributed by atoms with Crippen LogP contribution in [0.15, 0.2) is 11.6 Å². The molecule has 5 heteroatoms. The van der Waals surface area contributed by atoms with Gasteiger partial charge < -0.3 is 10.2 Å². The molecule has 3 rings (SSSR count). The van der Waals surface area contributed by atoms with Gasteiger partial charge in [-0.1, -0.05) is 6.92 Å². The highest BCUT2D eigenvalue weighted by Crippen LogP contribution is 2.17. The van der Waals surface area contributed by atoms with Crippen LogP contribution in [0.5, 0.6) is 0 Å². The van der Waals surface area contributed by atoms with Crippen LogP contribution in [0, 0.1) is 12.8 Å². The van der Waals surface area contributed by atoms with Crippen molar-refractivity contribution in [2.75, 3.05) is 26.2 Å². The van der Waals surface area contributed by atoms with E-state index in [-0.39, 0.29) is 0 Å². The molecule has 0 unspecified atom stereocenters. The number of likely N-dealkylation sites (tertiary alicyclic amines) is 1. The van der Waals surface area contributed by atoms with E-state index in [0.29, 0.717) is 0 Å². The largest absolute Gasteiger partial charge is 0.310 e. The van der Waals surface area contributed by atoms with Gasteiger partial charge in [0.15, 0.2) is 4.96 Å². The van der Waals surface area contributed by atoms with Gasteiger partial charge in [0.2, 0.25) is 0 Å². The number of nitrogens with one attached hydrogen (secondary N) is 1. The molecule has 1 N–H and O–H groups in total. The Morgan fingerprint density at radius 3 is 3.00 bits per heavy atom. The first-order valence-electron chi connectivity index (χ1n) is 7.58. The molecule has 2 aromatic heterocycles. The van der Waals surface area contributed by atoms with Gasteiger partial charge in [0.05, 0.1) is 11.4 Å². The van der Waals surface area contributed by atoms with Crippen molar-refractivity contribution in [3.05, 3.63) is 23.0 Å². The SMILES string of the molecule is Cc1nc2sccn2c1CNCCN1CCC(C)CC1. The zero-order valence-electron chi connectivity index (χ0n) is 12.4. The predicted octanol–water partition coefficient (Wildman–Crippen LogP) is 2.53. The van der Waals surface area contributed by atoms with Gasteiger partial charge in [-0.2, -0.15) is 0 Å². The number of aryl methyl sites for hydroxylation is 1. The Labute approximate surface area is 124 Å². The van der Waals surface area contributed by atoms with Gasteiger partial charge in [-0.05, 0) is 38.8 Å². The summed E-state index contributed by atoms with van der Waals surface area (Å²) in [6, 6.07) is 0. The first-order valence-corrected chi connectivity index (χ1v) is 8.46. The lowest BCUT2D eigenvalue weighted by atomic mass is 9.99. The van der Waals surface area contributed by atoms with Gasteiger partial charge >= 0.3 is 0 Å². The molecule has 0 saturated carbocycles. The van der Waals surface area contributed by atoms with Crippen LogP contribution in [0.25, 0.3) is 4.96 Å². The Morgan fingerprint density at radius 2 is 2.20 bits per heavy atom. The summed E-state index contributed by atoms with van der Waals surface area (Å²) in [5, 5.41) is 5.67. The highest BCUT2D eigenvalue weighted by molar-refractivity contribution is 7.15. The van der Waals surface area contributed by atoms with Crippen molar-refractivity contribution in [2.24, 2.45) is 5.92 Å². The number of hydrogen-bond donors (Lipinski definition) is 1. The van der Waals surface area contributed by atoms with Crippen molar-refractivity contribution in [1.29, 1.82) is 0 Å². The zero-order valence-corrected chi connectivity index (χ0v) is 13.2. The van der Waals surface area contributed by atoms with Crippen LogP contribution >= 0.6 is 11.3 Å². The Kier molecular flexibility index (Phi) is 4.38. The molecule has 3 heterocycles. The summed E-state index contributed by atoms with van der Waals surface area (Å²) >= 11 is 1.70. The number of piperidine rings is 1. The monoisotopic (exact) mass is 292 g/mol. The molecule has 0 spiro atoms. The molecule has 110 valence electrons. The third-order valence-electron chi connectivity index (χ3n) is 4.33. The molecule has 0 bridgehead atoms. The number of aromatic nitrogens is 2. The van der Waals surface area contributed by atoms with Gasteiger partial charge in [0.1, 0.15) is 0 Å². The van der Waals surface area contributed by atoms with Crippen LogP contribution < -0.4 is 5.32 Å². The zero-order chi connectivity index (χ0) is 13.9. The smallest absolute Gasteiger partial charge is 0.194 e. The van der Waals surface area contributed by atoms with Gasteiger partial charge in [-0.15, -0.1) is 11.3 Å². The second-order valence-corrected chi connectivity index (χ2v) is 6.77. The molecular formula is C15H24N4S. The minimum absolute atomic E-state index is 0.911. The maximum atomic E-state index is 4.58. The quantitative estimate of drug-likeness (QED) is 0.860. The van der Waals surface area contributed by atoms with E-state index >= 15 is 0 Å². The lowest BCUT2D eigenvalue weighted by Gasteiger charge is -2.30. The Morgan fingerprint density at radius 1 is 1.40 bits per heavy atom. The first kappa shape index (κ1) is 14.0. The van der Waals surface area contributed by atoms with Gasteiger partial charge in [0, 0.05) is 31.2 Å². The normalized spacial score (nSPS) is 18.1. The number of hydrogen-bond acceptors (Lipinski definition) is 4. The average Bonchev–Trinajstić information content (AvgIpc) is 2.98. The van der Waals surface area contributed by atoms with Gasteiger partial charge in [0.25, 0.3) is 0 Å². The van der Waals surface area contributed by atoms with Crippen molar-refractivity contribution in [1.82, 2.24) is 19.6 Å². The van der Waals surface area contributed by atoms with Crippen LogP contribution in [-0.2, 0) is 6.54 Å². The van der Waals surface area contributed by atoms with Crippen LogP contribution in [0.2, 0.25) is 0 Å². The number of fused-ring (bicyclic) bond motifs is 1. The summed E-state index contributed by atoms with van der Waals surface area (Å²) in [5.41, 5.74) is 2.45. The summed E-state index contributed by atoms with van der Waals surface area (Å²) in [4.78, 5) is 8.26. The number of nitrogens with zero attached hydrogens (tertiary/aromatic N) is 3. The van der Waals surface area contributed by atoms with Crippen LogP contribution in [-0.4, -0.2) is 40.5 Å². The second-order valence-electron chi connectivity index (χ2n) is 5.90. The highest BCUT2D eigenvalue weighted by Gasteiger charge is 2.15. The van der Waals surface area contributed by atoms with E-state index in [1.807, 2.05) is 0 Å². The van der Waals surface area contributed by atoms with Crippen molar-refractivity contribution in [3.63, 3.8) is 0 Å². The van der Waals surface area contributed by atoms with Gasteiger partial charge in [-0.3, -0.25) is 4.40 Å². The standard InChI is InChI=1S/C15H24N4S/c1-12-3-6-18(7-4-12)8-5-16-11-14-13(2)17-15-19(14)9-10-20-15/h9-10,12,16H,3-8,11H2,1-2H3. The highest BCUT2D eigenvalue weighted by atomic mass is 32.1. The van der Waals surface area contributed by atoms with Crippen molar-refractivity contribution in [2.45, 2.75) is 33.2 Å². The van der Waals surface area contributed by atoms with Gasteiger partial charge in [-0.25, -0.2) is 4.98 Å². The number of thiazole rings is 1.